The Kier molecular flexibility index (Phi) is 3.80. The Morgan fingerprint density at radius 3 is 2.40 bits per heavy atom. The molecule has 1 aromatic rings. The van der Waals surface area contributed by atoms with E-state index >= 15 is 0 Å². The van der Waals surface area contributed by atoms with E-state index in [4.69, 9.17) is 23.2 Å². The lowest BCUT2D eigenvalue weighted by atomic mass is 9.82. The van der Waals surface area contributed by atoms with E-state index in [-0.39, 0.29) is 11.2 Å². The highest BCUT2D eigenvalue weighted by molar-refractivity contribution is 6.35. The van der Waals surface area contributed by atoms with Gasteiger partial charge in [-0.05, 0) is 31.0 Å². The van der Waals surface area contributed by atoms with E-state index in [0.29, 0.717) is 16.5 Å². The lowest BCUT2D eigenvalue weighted by Crippen LogP contribution is -2.24. The molecule has 0 spiro atoms. The van der Waals surface area contributed by atoms with E-state index in [1.807, 2.05) is 19.9 Å². The summed E-state index contributed by atoms with van der Waals surface area (Å²) >= 11 is 11.8. The molecule has 0 aromatic heterocycles. The lowest BCUT2D eigenvalue weighted by molar-refractivity contribution is -0.124. The Balaban J connectivity index is 2.95. The Morgan fingerprint density at radius 2 is 1.93 bits per heavy atom. The van der Waals surface area contributed by atoms with Crippen LogP contribution in [0.25, 0.3) is 0 Å². The smallest absolute Gasteiger partial charge is 0.135 e. The van der Waals surface area contributed by atoms with Crippen LogP contribution in [0.3, 0.4) is 0 Å². The van der Waals surface area contributed by atoms with Crippen molar-refractivity contribution in [2.24, 2.45) is 5.41 Å². The van der Waals surface area contributed by atoms with Crippen molar-refractivity contribution in [2.75, 3.05) is 0 Å². The Morgan fingerprint density at radius 1 is 1.33 bits per heavy atom. The molecule has 82 valence electrons. The van der Waals surface area contributed by atoms with Crippen molar-refractivity contribution in [3.05, 3.63) is 33.8 Å². The maximum absolute atomic E-state index is 11.4. The second-order valence-corrected chi connectivity index (χ2v) is 5.20. The standard InChI is InChI=1S/C12H14Cl2O/c1-8(15)12(2,3)7-9-4-5-10(13)6-11(9)14/h4-6H,7H2,1-3H3. The van der Waals surface area contributed by atoms with Crippen LogP contribution in [-0.4, -0.2) is 5.78 Å². The van der Waals surface area contributed by atoms with Gasteiger partial charge in [-0.15, -0.1) is 0 Å². The molecule has 0 unspecified atom stereocenters. The number of hydrogen-bond donors (Lipinski definition) is 0. The molecule has 3 heteroatoms. The minimum atomic E-state index is -0.378. The van der Waals surface area contributed by atoms with Crippen molar-refractivity contribution in [2.45, 2.75) is 27.2 Å². The van der Waals surface area contributed by atoms with E-state index in [1.54, 1.807) is 19.1 Å². The first-order valence-corrected chi connectivity index (χ1v) is 5.53. The second kappa shape index (κ2) is 4.54. The first kappa shape index (κ1) is 12.5. The summed E-state index contributed by atoms with van der Waals surface area (Å²) in [7, 11) is 0. The minimum absolute atomic E-state index is 0.161. The van der Waals surface area contributed by atoms with Gasteiger partial charge in [0.1, 0.15) is 5.78 Å². The highest BCUT2D eigenvalue weighted by atomic mass is 35.5. The molecule has 0 fully saturated rings. The molecule has 0 aliphatic heterocycles. The Hall–Kier alpha value is -0.530. The van der Waals surface area contributed by atoms with Gasteiger partial charge in [-0.25, -0.2) is 0 Å². The summed E-state index contributed by atoms with van der Waals surface area (Å²) in [6, 6.07) is 5.36. The van der Waals surface area contributed by atoms with Crippen LogP contribution in [0, 0.1) is 5.41 Å². The van der Waals surface area contributed by atoms with Gasteiger partial charge in [0.25, 0.3) is 0 Å². The monoisotopic (exact) mass is 244 g/mol. The zero-order chi connectivity index (χ0) is 11.6. The maximum Gasteiger partial charge on any atom is 0.135 e. The van der Waals surface area contributed by atoms with E-state index in [9.17, 15) is 4.79 Å². The third-order valence-electron chi connectivity index (χ3n) is 2.60. The SMILES string of the molecule is CC(=O)C(C)(C)Cc1ccc(Cl)cc1Cl. The lowest BCUT2D eigenvalue weighted by Gasteiger charge is -2.21. The van der Waals surface area contributed by atoms with E-state index in [1.165, 1.54) is 0 Å². The van der Waals surface area contributed by atoms with Crippen molar-refractivity contribution < 1.29 is 4.79 Å². The highest BCUT2D eigenvalue weighted by Gasteiger charge is 2.24. The summed E-state index contributed by atoms with van der Waals surface area (Å²) < 4.78 is 0. The summed E-state index contributed by atoms with van der Waals surface area (Å²) in [6.45, 7) is 5.43. The van der Waals surface area contributed by atoms with Crippen molar-refractivity contribution in [3.8, 4) is 0 Å². The molecule has 0 saturated carbocycles. The first-order valence-electron chi connectivity index (χ1n) is 4.78. The van der Waals surface area contributed by atoms with Crippen molar-refractivity contribution in [3.63, 3.8) is 0 Å². The van der Waals surface area contributed by atoms with Gasteiger partial charge in [-0.1, -0.05) is 43.1 Å². The Labute approximate surface area is 100 Å². The number of halogens is 2. The zero-order valence-corrected chi connectivity index (χ0v) is 10.6. The molecule has 0 heterocycles. The first-order chi connectivity index (χ1) is 6.83. The van der Waals surface area contributed by atoms with Crippen LogP contribution >= 0.6 is 23.2 Å². The molecule has 0 atom stereocenters. The molecule has 1 aromatic carbocycles. The van der Waals surface area contributed by atoms with Crippen LogP contribution in [-0.2, 0) is 11.2 Å². The molecule has 0 saturated heterocycles. The molecular formula is C12H14Cl2O. The van der Waals surface area contributed by atoms with Gasteiger partial charge >= 0.3 is 0 Å². The maximum atomic E-state index is 11.4. The van der Waals surface area contributed by atoms with Gasteiger partial charge in [0, 0.05) is 15.5 Å². The number of hydrogen-bond acceptors (Lipinski definition) is 1. The van der Waals surface area contributed by atoms with Crippen molar-refractivity contribution >= 4 is 29.0 Å². The summed E-state index contributed by atoms with van der Waals surface area (Å²) in [5, 5.41) is 1.24. The predicted octanol–water partition coefficient (Wildman–Crippen LogP) is 4.15. The Bertz CT molecular complexity index is 383. The third kappa shape index (κ3) is 3.22. The summed E-state index contributed by atoms with van der Waals surface area (Å²) in [5.74, 6) is 0.161. The molecule has 0 radical (unpaired) electrons. The molecular weight excluding hydrogens is 231 g/mol. The van der Waals surface area contributed by atoms with Crippen molar-refractivity contribution in [1.29, 1.82) is 0 Å². The second-order valence-electron chi connectivity index (χ2n) is 4.35. The van der Waals surface area contributed by atoms with Crippen LogP contribution in [0.1, 0.15) is 26.3 Å². The fourth-order valence-corrected chi connectivity index (χ4v) is 1.74. The van der Waals surface area contributed by atoms with Gasteiger partial charge in [-0.2, -0.15) is 0 Å². The summed E-state index contributed by atoms with van der Waals surface area (Å²) in [5.41, 5.74) is 0.582. The molecule has 1 nitrogen and oxygen atoms in total. The molecule has 1 rings (SSSR count). The summed E-state index contributed by atoms with van der Waals surface area (Å²) in [6.07, 6.45) is 0.637. The third-order valence-corrected chi connectivity index (χ3v) is 3.19. The number of rotatable bonds is 3. The molecule has 0 bridgehead atoms. The quantitative estimate of drug-likeness (QED) is 0.781. The van der Waals surface area contributed by atoms with Gasteiger partial charge in [-0.3, -0.25) is 4.79 Å². The van der Waals surface area contributed by atoms with Gasteiger partial charge in [0.15, 0.2) is 0 Å². The largest absolute Gasteiger partial charge is 0.299 e. The number of ketones is 1. The fraction of sp³-hybridized carbons (Fsp3) is 0.417. The normalized spacial score (nSPS) is 11.5. The highest BCUT2D eigenvalue weighted by Crippen LogP contribution is 2.28. The number of benzene rings is 1. The topological polar surface area (TPSA) is 17.1 Å². The van der Waals surface area contributed by atoms with Crippen molar-refractivity contribution in [1.82, 2.24) is 0 Å². The molecule has 15 heavy (non-hydrogen) atoms. The average Bonchev–Trinajstić information content (AvgIpc) is 2.09. The van der Waals surface area contributed by atoms with E-state index in [0.717, 1.165) is 5.56 Å². The van der Waals surface area contributed by atoms with E-state index < -0.39 is 0 Å². The number of carbonyl (C=O) groups is 1. The molecule has 0 N–H and O–H groups in total. The van der Waals surface area contributed by atoms with Gasteiger partial charge in [0.2, 0.25) is 0 Å². The zero-order valence-electron chi connectivity index (χ0n) is 9.10. The predicted molar refractivity (Wildman–Crippen MR) is 64.6 cm³/mol. The summed E-state index contributed by atoms with van der Waals surface area (Å²) in [4.78, 5) is 11.4. The average molecular weight is 245 g/mol. The fourth-order valence-electron chi connectivity index (χ4n) is 1.27. The van der Waals surface area contributed by atoms with Gasteiger partial charge < -0.3 is 0 Å². The van der Waals surface area contributed by atoms with E-state index in [2.05, 4.69) is 0 Å². The minimum Gasteiger partial charge on any atom is -0.299 e. The molecule has 0 amide bonds. The van der Waals surface area contributed by atoms with Crippen LogP contribution in [0.4, 0.5) is 0 Å². The molecule has 0 aliphatic carbocycles. The van der Waals surface area contributed by atoms with Crippen LogP contribution in [0.5, 0.6) is 0 Å². The van der Waals surface area contributed by atoms with Crippen LogP contribution < -0.4 is 0 Å². The number of carbonyl (C=O) groups excluding carboxylic acids is 1. The molecule has 0 aliphatic rings. The number of Topliss-reactive ketones (excluding diaryl/α,β-unsaturated/α-hetero) is 1. The van der Waals surface area contributed by atoms with Crippen LogP contribution in [0.15, 0.2) is 18.2 Å². The van der Waals surface area contributed by atoms with Crippen LogP contribution in [0.2, 0.25) is 10.0 Å². The van der Waals surface area contributed by atoms with Gasteiger partial charge in [0.05, 0.1) is 0 Å².